The highest BCUT2D eigenvalue weighted by molar-refractivity contribution is 5.36. The molecule has 0 spiro atoms. The monoisotopic (exact) mass is 220 g/mol. The molecule has 0 fully saturated rings. The van der Waals surface area contributed by atoms with E-state index in [1.807, 2.05) is 18.7 Å². The molecule has 2 aromatic heterocycles. The highest BCUT2D eigenvalue weighted by Crippen LogP contribution is 2.16. The molecule has 2 rings (SSSR count). The molecule has 0 amide bonds. The summed E-state index contributed by atoms with van der Waals surface area (Å²) in [6, 6.07) is 0. The predicted octanol–water partition coefficient (Wildman–Crippen LogP) is 0.419. The summed E-state index contributed by atoms with van der Waals surface area (Å²) in [6.45, 7) is 5.82. The molecule has 0 aliphatic heterocycles. The van der Waals surface area contributed by atoms with Gasteiger partial charge in [-0.25, -0.2) is 9.67 Å². The van der Waals surface area contributed by atoms with E-state index in [1.165, 1.54) is 6.33 Å². The lowest BCUT2D eigenvalue weighted by atomic mass is 10.2. The van der Waals surface area contributed by atoms with Crippen LogP contribution >= 0.6 is 0 Å². The van der Waals surface area contributed by atoms with E-state index in [9.17, 15) is 0 Å². The van der Waals surface area contributed by atoms with Crippen molar-refractivity contribution < 1.29 is 0 Å². The average Bonchev–Trinajstić information content (AvgIpc) is 2.83. The average molecular weight is 220 g/mol. The Hall–Kier alpha value is -1.69. The second kappa shape index (κ2) is 4.44. The molecule has 0 saturated carbocycles. The van der Waals surface area contributed by atoms with Crippen molar-refractivity contribution in [2.45, 2.75) is 20.4 Å². The maximum absolute atomic E-state index is 4.41. The summed E-state index contributed by atoms with van der Waals surface area (Å²) in [6.07, 6.45) is 3.21. The normalized spacial score (nSPS) is 10.9. The molecule has 86 valence electrons. The van der Waals surface area contributed by atoms with Gasteiger partial charge in [-0.15, -0.1) is 0 Å². The molecule has 2 heterocycles. The van der Waals surface area contributed by atoms with E-state index in [2.05, 4.69) is 27.4 Å². The quantitative estimate of drug-likeness (QED) is 0.811. The first-order valence-electron chi connectivity index (χ1n) is 5.32. The smallest absolute Gasteiger partial charge is 0.158 e. The van der Waals surface area contributed by atoms with E-state index in [1.54, 1.807) is 11.0 Å². The Balaban J connectivity index is 2.42. The third-order valence-corrected chi connectivity index (χ3v) is 2.50. The highest BCUT2D eigenvalue weighted by atomic mass is 15.4. The van der Waals surface area contributed by atoms with Crippen LogP contribution in [0.3, 0.4) is 0 Å². The van der Waals surface area contributed by atoms with E-state index in [0.29, 0.717) is 0 Å². The Labute approximate surface area is 94.3 Å². The van der Waals surface area contributed by atoms with Gasteiger partial charge in [0.1, 0.15) is 12.7 Å². The van der Waals surface area contributed by atoms with Crippen molar-refractivity contribution in [1.82, 2.24) is 29.9 Å². The lowest BCUT2D eigenvalue weighted by Gasteiger charge is -2.06. The lowest BCUT2D eigenvalue weighted by Crippen LogP contribution is -2.15. The zero-order valence-electron chi connectivity index (χ0n) is 9.80. The summed E-state index contributed by atoms with van der Waals surface area (Å²) in [5.74, 6) is 0.968. The Kier molecular flexibility index (Phi) is 3.00. The molecule has 0 aliphatic rings. The molecule has 0 aliphatic carbocycles. The first-order chi connectivity index (χ1) is 7.74. The lowest BCUT2D eigenvalue weighted by molar-refractivity contribution is 0.679. The minimum absolute atomic E-state index is 0.797. The fraction of sp³-hybridized carbons (Fsp3) is 0.500. The molecule has 16 heavy (non-hydrogen) atoms. The van der Waals surface area contributed by atoms with E-state index in [0.717, 1.165) is 30.2 Å². The molecule has 2 aromatic rings. The number of aryl methyl sites for hydroxylation is 2. The molecule has 0 saturated heterocycles. The number of hydrogen-bond acceptors (Lipinski definition) is 4. The van der Waals surface area contributed by atoms with Crippen molar-refractivity contribution in [2.24, 2.45) is 7.05 Å². The van der Waals surface area contributed by atoms with Crippen molar-refractivity contribution in [1.29, 1.82) is 0 Å². The van der Waals surface area contributed by atoms with Crippen molar-refractivity contribution in [3.05, 3.63) is 23.9 Å². The summed E-state index contributed by atoms with van der Waals surface area (Å²) < 4.78 is 3.57. The molecule has 1 N–H and O–H groups in total. The number of nitrogens with one attached hydrogen (secondary N) is 1. The summed E-state index contributed by atoms with van der Waals surface area (Å²) in [4.78, 5) is 3.96. The summed E-state index contributed by atoms with van der Waals surface area (Å²) in [5.41, 5.74) is 2.18. The Morgan fingerprint density at radius 3 is 2.88 bits per heavy atom. The van der Waals surface area contributed by atoms with E-state index >= 15 is 0 Å². The standard InChI is InChI=1S/C10H16N6/c1-4-11-5-9-8(2)14-15(3)10(9)16-7-12-6-13-16/h6-7,11H,4-5H2,1-3H3. The molecule has 0 unspecified atom stereocenters. The maximum atomic E-state index is 4.41. The Morgan fingerprint density at radius 2 is 2.25 bits per heavy atom. The third-order valence-electron chi connectivity index (χ3n) is 2.50. The van der Waals surface area contributed by atoms with Crippen molar-refractivity contribution in [2.75, 3.05) is 6.54 Å². The van der Waals surface area contributed by atoms with Gasteiger partial charge in [0.2, 0.25) is 0 Å². The summed E-state index contributed by atoms with van der Waals surface area (Å²) in [5, 5.41) is 11.9. The Bertz CT molecular complexity index is 456. The van der Waals surface area contributed by atoms with E-state index in [4.69, 9.17) is 0 Å². The molecule has 6 nitrogen and oxygen atoms in total. The maximum Gasteiger partial charge on any atom is 0.158 e. The molecule has 6 heteroatoms. The van der Waals surface area contributed by atoms with Gasteiger partial charge in [-0.2, -0.15) is 10.2 Å². The van der Waals surface area contributed by atoms with Crippen molar-refractivity contribution >= 4 is 0 Å². The van der Waals surface area contributed by atoms with Crippen LogP contribution in [0.1, 0.15) is 18.2 Å². The first kappa shape index (κ1) is 10.8. The Morgan fingerprint density at radius 1 is 1.44 bits per heavy atom. The van der Waals surface area contributed by atoms with Gasteiger partial charge < -0.3 is 5.32 Å². The van der Waals surface area contributed by atoms with Crippen LogP contribution in [0.15, 0.2) is 12.7 Å². The number of aromatic nitrogens is 5. The SMILES string of the molecule is CCNCc1c(C)nn(C)c1-n1cncn1. The number of hydrogen-bond donors (Lipinski definition) is 1. The van der Waals surface area contributed by atoms with Gasteiger partial charge in [-0.1, -0.05) is 6.92 Å². The van der Waals surface area contributed by atoms with Gasteiger partial charge in [0.25, 0.3) is 0 Å². The topological polar surface area (TPSA) is 60.6 Å². The summed E-state index contributed by atoms with van der Waals surface area (Å²) in [7, 11) is 1.92. The second-order valence-electron chi connectivity index (χ2n) is 3.63. The molecule has 0 atom stereocenters. The largest absolute Gasteiger partial charge is 0.313 e. The van der Waals surface area contributed by atoms with E-state index in [-0.39, 0.29) is 0 Å². The van der Waals surface area contributed by atoms with Gasteiger partial charge in [0.05, 0.1) is 5.69 Å². The minimum Gasteiger partial charge on any atom is -0.313 e. The van der Waals surface area contributed by atoms with Crippen LogP contribution in [-0.4, -0.2) is 31.1 Å². The molecular formula is C10H16N6. The van der Waals surface area contributed by atoms with Gasteiger partial charge in [0.15, 0.2) is 5.82 Å². The molecular weight excluding hydrogens is 204 g/mol. The molecule has 0 radical (unpaired) electrons. The van der Waals surface area contributed by atoms with Crippen LogP contribution in [0.4, 0.5) is 0 Å². The highest BCUT2D eigenvalue weighted by Gasteiger charge is 2.14. The van der Waals surface area contributed by atoms with Crippen molar-refractivity contribution in [3.8, 4) is 5.82 Å². The fourth-order valence-corrected chi connectivity index (χ4v) is 1.75. The van der Waals surface area contributed by atoms with E-state index < -0.39 is 0 Å². The predicted molar refractivity (Wildman–Crippen MR) is 60.2 cm³/mol. The fourth-order valence-electron chi connectivity index (χ4n) is 1.75. The van der Waals surface area contributed by atoms with Crippen LogP contribution in [-0.2, 0) is 13.6 Å². The zero-order valence-corrected chi connectivity index (χ0v) is 9.80. The van der Waals surface area contributed by atoms with Gasteiger partial charge in [-0.3, -0.25) is 4.68 Å². The first-order valence-corrected chi connectivity index (χ1v) is 5.32. The zero-order chi connectivity index (χ0) is 11.5. The van der Waals surface area contributed by atoms with Crippen LogP contribution < -0.4 is 5.32 Å². The number of nitrogens with zero attached hydrogens (tertiary/aromatic N) is 5. The molecule has 0 bridgehead atoms. The van der Waals surface area contributed by atoms with Crippen molar-refractivity contribution in [3.63, 3.8) is 0 Å². The van der Waals surface area contributed by atoms with Gasteiger partial charge in [-0.05, 0) is 13.5 Å². The minimum atomic E-state index is 0.797. The summed E-state index contributed by atoms with van der Waals surface area (Å²) >= 11 is 0. The van der Waals surface area contributed by atoms with Crippen LogP contribution in [0, 0.1) is 6.92 Å². The molecule has 0 aromatic carbocycles. The van der Waals surface area contributed by atoms with Gasteiger partial charge >= 0.3 is 0 Å². The number of rotatable bonds is 4. The van der Waals surface area contributed by atoms with Crippen LogP contribution in [0.5, 0.6) is 0 Å². The van der Waals surface area contributed by atoms with Crippen LogP contribution in [0.25, 0.3) is 5.82 Å². The third kappa shape index (κ3) is 1.83. The second-order valence-corrected chi connectivity index (χ2v) is 3.63. The van der Waals surface area contributed by atoms with Gasteiger partial charge in [0, 0.05) is 19.2 Å². The van der Waals surface area contributed by atoms with Crippen LogP contribution in [0.2, 0.25) is 0 Å².